The molecule has 0 saturated carbocycles. The summed E-state index contributed by atoms with van der Waals surface area (Å²) in [6, 6.07) is 69.5. The average Bonchev–Trinajstić information content (AvgIpc) is 3.71. The van der Waals surface area contributed by atoms with Crippen LogP contribution in [0.2, 0.25) is 0 Å². The fourth-order valence-electron chi connectivity index (χ4n) is 7.40. The summed E-state index contributed by atoms with van der Waals surface area (Å²) in [7, 11) is 0. The van der Waals surface area contributed by atoms with Gasteiger partial charge < -0.3 is 4.42 Å². The Morgan fingerprint density at radius 2 is 0.927 bits per heavy atom. The Morgan fingerprint density at radius 3 is 1.71 bits per heavy atom. The van der Waals surface area contributed by atoms with Crippen molar-refractivity contribution >= 4 is 21.9 Å². The van der Waals surface area contributed by atoms with Gasteiger partial charge in [-0.2, -0.15) is 0 Å². The quantitative estimate of drug-likeness (QED) is 0.166. The second-order valence-electron chi connectivity index (χ2n) is 13.6. The van der Waals surface area contributed by atoms with Gasteiger partial charge in [-0.05, 0) is 86.6 Å². The molecule has 0 fully saturated rings. The van der Waals surface area contributed by atoms with E-state index in [4.69, 9.17) is 19.4 Å². The highest BCUT2D eigenvalue weighted by atomic mass is 16.3. The fourth-order valence-corrected chi connectivity index (χ4v) is 7.40. The molecule has 55 heavy (non-hydrogen) atoms. The summed E-state index contributed by atoms with van der Waals surface area (Å²) in [6.45, 7) is 0. The Balaban J connectivity index is 1.09. The van der Waals surface area contributed by atoms with Crippen LogP contribution in [0, 0.1) is 0 Å². The molecule has 0 atom stereocenters. The lowest BCUT2D eigenvalue weighted by molar-refractivity contribution is 0.620. The second kappa shape index (κ2) is 13.8. The normalized spacial score (nSPS) is 11.3. The first-order valence-corrected chi connectivity index (χ1v) is 18.4. The molecule has 2 aromatic heterocycles. The van der Waals surface area contributed by atoms with E-state index in [9.17, 15) is 0 Å². The molecule has 4 heteroatoms. The summed E-state index contributed by atoms with van der Waals surface area (Å²) in [4.78, 5) is 15.0. The summed E-state index contributed by atoms with van der Waals surface area (Å²) < 4.78 is 6.12. The molecule has 10 aromatic rings. The molecule has 0 bridgehead atoms. The first kappa shape index (κ1) is 32.2. The summed E-state index contributed by atoms with van der Waals surface area (Å²) in [5, 5.41) is 2.38. The zero-order valence-corrected chi connectivity index (χ0v) is 29.8. The number of nitrogens with zero attached hydrogens (tertiary/aromatic N) is 3. The number of fused-ring (bicyclic) bond motifs is 2. The lowest BCUT2D eigenvalue weighted by atomic mass is 9.88. The second-order valence-corrected chi connectivity index (χ2v) is 13.6. The van der Waals surface area contributed by atoms with Crippen LogP contribution in [-0.4, -0.2) is 15.0 Å². The third-order valence-corrected chi connectivity index (χ3v) is 10.1. The predicted octanol–water partition coefficient (Wildman–Crippen LogP) is 13.4. The minimum absolute atomic E-state index is 0.624. The van der Waals surface area contributed by atoms with Gasteiger partial charge in [-0.1, -0.05) is 158 Å². The number of benzene rings is 8. The Hall–Kier alpha value is -7.43. The van der Waals surface area contributed by atoms with Gasteiger partial charge >= 0.3 is 0 Å². The van der Waals surface area contributed by atoms with Crippen LogP contribution in [0.3, 0.4) is 0 Å². The van der Waals surface area contributed by atoms with Crippen molar-refractivity contribution < 1.29 is 4.42 Å². The zero-order valence-electron chi connectivity index (χ0n) is 29.8. The van der Waals surface area contributed by atoms with E-state index in [1.165, 1.54) is 16.3 Å². The van der Waals surface area contributed by atoms with E-state index in [0.29, 0.717) is 11.7 Å². The molecule has 258 valence electrons. The van der Waals surface area contributed by atoms with Crippen LogP contribution in [0.1, 0.15) is 0 Å². The van der Waals surface area contributed by atoms with Crippen molar-refractivity contribution in [1.82, 2.24) is 15.0 Å². The van der Waals surface area contributed by atoms with E-state index in [1.807, 2.05) is 72.8 Å². The molecule has 0 saturated heterocycles. The van der Waals surface area contributed by atoms with Gasteiger partial charge in [0.15, 0.2) is 11.4 Å². The van der Waals surface area contributed by atoms with Gasteiger partial charge in [0.1, 0.15) is 5.52 Å². The molecule has 4 nitrogen and oxygen atoms in total. The number of oxazole rings is 1. The van der Waals surface area contributed by atoms with E-state index in [1.54, 1.807) is 0 Å². The van der Waals surface area contributed by atoms with Gasteiger partial charge in [-0.3, -0.25) is 0 Å². The van der Waals surface area contributed by atoms with Crippen LogP contribution in [0.15, 0.2) is 205 Å². The van der Waals surface area contributed by atoms with E-state index in [0.717, 1.165) is 72.6 Å². The lowest BCUT2D eigenvalue weighted by Gasteiger charge is -2.16. The van der Waals surface area contributed by atoms with Gasteiger partial charge in [0, 0.05) is 22.3 Å². The van der Waals surface area contributed by atoms with Gasteiger partial charge in [-0.25, -0.2) is 15.0 Å². The van der Waals surface area contributed by atoms with Gasteiger partial charge in [0.2, 0.25) is 5.89 Å². The molecule has 0 radical (unpaired) electrons. The van der Waals surface area contributed by atoms with E-state index < -0.39 is 0 Å². The van der Waals surface area contributed by atoms with Crippen LogP contribution < -0.4 is 0 Å². The Bertz CT molecular complexity index is 2910. The van der Waals surface area contributed by atoms with Gasteiger partial charge in [0.25, 0.3) is 0 Å². The van der Waals surface area contributed by atoms with Crippen molar-refractivity contribution in [3.63, 3.8) is 0 Å². The van der Waals surface area contributed by atoms with Crippen molar-refractivity contribution in [3.05, 3.63) is 200 Å². The minimum Gasteiger partial charge on any atom is -0.436 e. The van der Waals surface area contributed by atoms with Crippen LogP contribution in [-0.2, 0) is 0 Å². The summed E-state index contributed by atoms with van der Waals surface area (Å²) >= 11 is 0. The van der Waals surface area contributed by atoms with Crippen molar-refractivity contribution in [2.24, 2.45) is 0 Å². The van der Waals surface area contributed by atoms with E-state index in [-0.39, 0.29) is 0 Å². The largest absolute Gasteiger partial charge is 0.436 e. The highest BCUT2D eigenvalue weighted by Crippen LogP contribution is 2.41. The third-order valence-electron chi connectivity index (χ3n) is 10.1. The molecule has 0 spiro atoms. The standard InChI is InChI=1S/C51H33N3O/c1-4-15-35(16-5-1)45-33-46(53-50(52-45)36-17-6-2-7-18-36)41-23-13-24-42(31-41)49-43-25-11-10-14-34(43)26-28-44(49)40-22-12-21-38(30-40)39-27-29-48-47(32-39)54-51(55-48)37-19-8-3-9-20-37/h1-33H. The molecule has 8 aromatic carbocycles. The number of rotatable bonds is 7. The Labute approximate surface area is 319 Å². The smallest absolute Gasteiger partial charge is 0.227 e. The highest BCUT2D eigenvalue weighted by molar-refractivity contribution is 6.05. The van der Waals surface area contributed by atoms with Crippen molar-refractivity contribution in [1.29, 1.82) is 0 Å². The van der Waals surface area contributed by atoms with E-state index in [2.05, 4.69) is 127 Å². The molecule has 0 aliphatic heterocycles. The SMILES string of the molecule is c1ccc(-c2cc(-c3cccc(-c4c(-c5cccc(-c6ccc7oc(-c8ccccc8)nc7c6)c5)ccc5ccccc45)c3)nc(-c3ccccc3)n2)cc1. The maximum atomic E-state index is 6.12. The van der Waals surface area contributed by atoms with Crippen molar-refractivity contribution in [3.8, 4) is 78.7 Å². The summed E-state index contributed by atoms with van der Waals surface area (Å²) in [6.07, 6.45) is 0. The molecule has 0 aliphatic rings. The van der Waals surface area contributed by atoms with Crippen LogP contribution in [0.25, 0.3) is 101 Å². The fraction of sp³-hybridized carbons (Fsp3) is 0. The maximum absolute atomic E-state index is 6.12. The molecule has 0 aliphatic carbocycles. The molecule has 0 unspecified atom stereocenters. The van der Waals surface area contributed by atoms with Crippen molar-refractivity contribution in [2.75, 3.05) is 0 Å². The average molecular weight is 704 g/mol. The molecule has 10 rings (SSSR count). The topological polar surface area (TPSA) is 51.8 Å². The third kappa shape index (κ3) is 6.26. The van der Waals surface area contributed by atoms with Crippen LogP contribution >= 0.6 is 0 Å². The van der Waals surface area contributed by atoms with Gasteiger partial charge in [0.05, 0.1) is 11.4 Å². The number of hydrogen-bond acceptors (Lipinski definition) is 4. The zero-order chi connectivity index (χ0) is 36.6. The Morgan fingerprint density at radius 1 is 0.345 bits per heavy atom. The maximum Gasteiger partial charge on any atom is 0.227 e. The summed E-state index contributed by atoms with van der Waals surface area (Å²) in [5.74, 6) is 1.32. The number of hydrogen-bond donors (Lipinski definition) is 0. The molecular formula is C51H33N3O. The van der Waals surface area contributed by atoms with Crippen LogP contribution in [0.4, 0.5) is 0 Å². The number of aromatic nitrogens is 3. The first-order chi connectivity index (χ1) is 27.2. The first-order valence-electron chi connectivity index (χ1n) is 18.4. The molecule has 2 heterocycles. The minimum atomic E-state index is 0.624. The predicted molar refractivity (Wildman–Crippen MR) is 225 cm³/mol. The molecule has 0 amide bonds. The van der Waals surface area contributed by atoms with Gasteiger partial charge in [-0.15, -0.1) is 0 Å². The molecule has 0 N–H and O–H groups in total. The van der Waals surface area contributed by atoms with Crippen molar-refractivity contribution in [2.45, 2.75) is 0 Å². The Kier molecular flexibility index (Phi) is 8.12. The summed E-state index contributed by atoms with van der Waals surface area (Å²) in [5.41, 5.74) is 14.2. The molecular weight excluding hydrogens is 671 g/mol. The lowest BCUT2D eigenvalue weighted by Crippen LogP contribution is -1.96. The van der Waals surface area contributed by atoms with E-state index >= 15 is 0 Å². The monoisotopic (exact) mass is 703 g/mol. The van der Waals surface area contributed by atoms with Crippen LogP contribution in [0.5, 0.6) is 0 Å². The highest BCUT2D eigenvalue weighted by Gasteiger charge is 2.16.